The van der Waals surface area contributed by atoms with Crippen molar-refractivity contribution < 1.29 is 56.5 Å². The van der Waals surface area contributed by atoms with Crippen molar-refractivity contribution in [2.24, 2.45) is 5.16 Å². The fourth-order valence-corrected chi connectivity index (χ4v) is 7.61. The van der Waals surface area contributed by atoms with E-state index in [1.165, 1.54) is 79.9 Å². The average Bonchev–Trinajstić information content (AvgIpc) is 3.21. The monoisotopic (exact) mass is 1140 g/mol. The Morgan fingerprint density at radius 1 is 0.565 bits per heavy atom. The van der Waals surface area contributed by atoms with Crippen LogP contribution in [-0.4, -0.2) is 90.9 Å². The Labute approximate surface area is 409 Å². The van der Waals surface area contributed by atoms with Crippen LogP contribution >= 0.6 is 125 Å². The number of nitrogens with zero attached hydrogens (tertiary/aromatic N) is 1. The lowest BCUT2D eigenvalue weighted by atomic mass is 10.1. The first-order valence-corrected chi connectivity index (χ1v) is 21.8. The molecule has 332 valence electrons. The second-order valence-corrected chi connectivity index (χ2v) is 17.7. The van der Waals surface area contributed by atoms with Crippen molar-refractivity contribution in [1.82, 2.24) is 0 Å². The summed E-state index contributed by atoms with van der Waals surface area (Å²) < 4.78 is 49.5. The molecule has 0 amide bonds. The lowest BCUT2D eigenvalue weighted by molar-refractivity contribution is -0.115. The van der Waals surface area contributed by atoms with Crippen molar-refractivity contribution in [2.75, 3.05) is 20.3 Å². The van der Waals surface area contributed by atoms with Crippen molar-refractivity contribution in [3.8, 4) is 0 Å². The first kappa shape index (κ1) is 53.4. The fraction of sp³-hybridized carbons (Fsp3) is 0.231. The number of carbonyl (C=O) groups excluding carboxylic acids is 5. The number of hydrogen-bond donors (Lipinski definition) is 0. The van der Waals surface area contributed by atoms with E-state index in [9.17, 15) is 32.8 Å². The number of halogens is 12. The Hall–Kier alpha value is -2.96. The normalized spacial score (nSPS) is 13.9. The van der Waals surface area contributed by atoms with Gasteiger partial charge < -0.3 is 23.8 Å². The molecule has 0 saturated heterocycles. The molecule has 0 heterocycles. The fourth-order valence-electron chi connectivity index (χ4n) is 4.61. The molecule has 0 spiro atoms. The molecule has 0 aromatic heterocycles. The molecule has 0 aliphatic heterocycles. The number of alkyl halides is 4. The Bertz CT molecular complexity index is 2280. The number of oxime groups is 1. The minimum atomic E-state index is -2.19. The number of esters is 4. The van der Waals surface area contributed by atoms with E-state index in [1.54, 1.807) is 0 Å². The molecule has 62 heavy (non-hydrogen) atoms. The van der Waals surface area contributed by atoms with Crippen molar-refractivity contribution in [3.05, 3.63) is 135 Å². The number of ether oxygens (including phenoxy) is 4. The van der Waals surface area contributed by atoms with E-state index in [1.807, 2.05) is 0 Å². The summed E-state index contributed by atoms with van der Waals surface area (Å²) in [4.78, 5) is 62.8. The molecule has 11 nitrogen and oxygen atoms in total. The molecule has 4 rings (SSSR count). The minimum absolute atomic E-state index is 0.0114. The molecule has 0 aliphatic carbocycles. The molecular weight excluding hydrogens is 1120 g/mol. The van der Waals surface area contributed by atoms with Gasteiger partial charge in [-0.05, 0) is 72.8 Å². The lowest BCUT2D eigenvalue weighted by Crippen LogP contribution is -2.40. The predicted molar refractivity (Wildman–Crippen MR) is 242 cm³/mol. The van der Waals surface area contributed by atoms with Crippen LogP contribution in [0, 0.1) is 0 Å². The molecule has 0 bridgehead atoms. The second kappa shape index (κ2) is 26.1. The quantitative estimate of drug-likeness (QED) is 0.0250. The lowest BCUT2D eigenvalue weighted by Gasteiger charge is -2.24. The highest BCUT2D eigenvalue weighted by molar-refractivity contribution is 9.09. The van der Waals surface area contributed by atoms with Gasteiger partial charge in [0.15, 0.2) is 30.8 Å². The van der Waals surface area contributed by atoms with Gasteiger partial charge in [-0.1, -0.05) is 130 Å². The van der Waals surface area contributed by atoms with Crippen LogP contribution in [0.5, 0.6) is 0 Å². The first-order valence-electron chi connectivity index (χ1n) is 16.9. The van der Waals surface area contributed by atoms with Crippen LogP contribution < -0.4 is 0 Å². The summed E-state index contributed by atoms with van der Waals surface area (Å²) in [6, 6.07) is 16.5. The van der Waals surface area contributed by atoms with E-state index in [0.29, 0.717) is 15.1 Å². The molecule has 0 N–H and O–H groups in total. The van der Waals surface area contributed by atoms with E-state index in [4.69, 9.17) is 112 Å². The molecular formula is C39H27Br2Cl8F2NO10. The number of hydrogen-bond acceptors (Lipinski definition) is 11. The average molecular weight is 1150 g/mol. The van der Waals surface area contributed by atoms with Gasteiger partial charge in [0.2, 0.25) is 0 Å². The van der Waals surface area contributed by atoms with Gasteiger partial charge in [-0.3, -0.25) is 4.79 Å². The smallest absolute Gasteiger partial charge is 0.340 e. The van der Waals surface area contributed by atoms with Gasteiger partial charge in [0, 0.05) is 20.1 Å². The molecule has 0 unspecified atom stereocenters. The molecule has 4 aromatic carbocycles. The molecule has 0 aliphatic rings. The summed E-state index contributed by atoms with van der Waals surface area (Å²) >= 11 is 53.4. The van der Waals surface area contributed by atoms with Gasteiger partial charge in [-0.25, -0.2) is 28.0 Å². The van der Waals surface area contributed by atoms with E-state index in [2.05, 4.69) is 41.9 Å². The Morgan fingerprint density at radius 3 is 1.16 bits per heavy atom. The standard InChI is InChI=1S/C20H15BrCl4FNO5.C19H12BrCl4FO5/c1-30-27-8-17(26)18(32-20(29)13-5-3-11(23)7-16(13)25)14(21)9-31-19(28)12-4-2-10(22)6-15(12)24;20-13(8-29-18(27)11-3-1-9(21)5-14(11)23)17(16(25)7-26)30-19(28)12-4-2-10(22)6-15(12)24/h2-8,14,17-18H,9H2,1H3;1-7,13,16-17H,8H2/t14-,17+,18+;13-,16+,17+/m00/s1. The highest BCUT2D eigenvalue weighted by atomic mass is 79.9. The molecule has 0 fully saturated rings. The number of carbonyl (C=O) groups is 5. The van der Waals surface area contributed by atoms with Gasteiger partial charge in [-0.2, -0.15) is 0 Å². The SMILES string of the molecule is CON=C[C@@H](F)[C@H](OC(=O)c1ccc(Cl)cc1Cl)[C@@H](Br)COC(=O)c1ccc(Cl)cc1Cl.O=C[C@@H](F)[C@H](OC(=O)c1ccc(Cl)cc1Cl)[C@@H](Br)COC(=O)c1ccc(Cl)cc1Cl. The maximum Gasteiger partial charge on any atom is 0.340 e. The predicted octanol–water partition coefficient (Wildman–Crippen LogP) is 12.4. The van der Waals surface area contributed by atoms with E-state index >= 15 is 0 Å². The summed E-state index contributed by atoms with van der Waals surface area (Å²) in [5.74, 6) is -3.49. The van der Waals surface area contributed by atoms with Crippen LogP contribution in [0.1, 0.15) is 41.4 Å². The molecule has 0 radical (unpaired) electrons. The van der Waals surface area contributed by atoms with Crippen molar-refractivity contribution >= 4 is 161 Å². The van der Waals surface area contributed by atoms with Gasteiger partial charge in [-0.15, -0.1) is 0 Å². The second-order valence-electron chi connectivity index (χ2n) is 11.9. The maximum atomic E-state index is 14.7. The summed E-state index contributed by atoms with van der Waals surface area (Å²) in [6.45, 7) is -0.802. The zero-order valence-electron chi connectivity index (χ0n) is 31.0. The summed E-state index contributed by atoms with van der Waals surface area (Å²) in [5, 5.41) is 4.79. The third-order valence-corrected chi connectivity index (χ3v) is 11.4. The Morgan fingerprint density at radius 2 is 0.871 bits per heavy atom. The van der Waals surface area contributed by atoms with Crippen LogP contribution in [0.3, 0.4) is 0 Å². The van der Waals surface area contributed by atoms with Gasteiger partial charge in [0.05, 0.1) is 58.2 Å². The van der Waals surface area contributed by atoms with Crippen molar-refractivity contribution in [1.29, 1.82) is 0 Å². The molecule has 6 atom stereocenters. The van der Waals surface area contributed by atoms with Crippen molar-refractivity contribution in [3.63, 3.8) is 0 Å². The van der Waals surface area contributed by atoms with Crippen LogP contribution in [0.2, 0.25) is 40.2 Å². The zero-order chi connectivity index (χ0) is 46.3. The summed E-state index contributed by atoms with van der Waals surface area (Å²) in [7, 11) is 1.22. The van der Waals surface area contributed by atoms with Crippen molar-refractivity contribution in [2.45, 2.75) is 34.2 Å². The number of benzene rings is 4. The zero-order valence-corrected chi connectivity index (χ0v) is 40.2. The summed E-state index contributed by atoms with van der Waals surface area (Å²) in [5.41, 5.74) is -0.000149. The van der Waals surface area contributed by atoms with Crippen LogP contribution in [0.4, 0.5) is 8.78 Å². The molecule has 0 saturated carbocycles. The van der Waals surface area contributed by atoms with Crippen LogP contribution in [-0.2, 0) is 28.6 Å². The number of aldehydes is 1. The van der Waals surface area contributed by atoms with Gasteiger partial charge >= 0.3 is 23.9 Å². The third-order valence-electron chi connectivity index (χ3n) is 7.62. The summed E-state index contributed by atoms with van der Waals surface area (Å²) in [6.07, 6.45) is -6.40. The minimum Gasteiger partial charge on any atom is -0.461 e. The first-order chi connectivity index (χ1) is 29.3. The highest BCUT2D eigenvalue weighted by Crippen LogP contribution is 2.28. The van der Waals surface area contributed by atoms with Crippen LogP contribution in [0.15, 0.2) is 78.0 Å². The van der Waals surface area contributed by atoms with E-state index in [-0.39, 0.29) is 60.3 Å². The highest BCUT2D eigenvalue weighted by Gasteiger charge is 2.35. The largest absolute Gasteiger partial charge is 0.461 e. The van der Waals surface area contributed by atoms with E-state index in [0.717, 1.165) is 6.21 Å². The Balaban J connectivity index is 0.000000331. The Kier molecular flexibility index (Phi) is 22.5. The number of rotatable bonds is 17. The molecule has 23 heteroatoms. The topological polar surface area (TPSA) is 144 Å². The third kappa shape index (κ3) is 16.2. The van der Waals surface area contributed by atoms with Crippen LogP contribution in [0.25, 0.3) is 0 Å². The van der Waals surface area contributed by atoms with Gasteiger partial charge in [0.25, 0.3) is 0 Å². The maximum absolute atomic E-state index is 14.7. The molecule has 4 aromatic rings. The van der Waals surface area contributed by atoms with E-state index < -0.39 is 64.7 Å². The van der Waals surface area contributed by atoms with Gasteiger partial charge in [0.1, 0.15) is 20.3 Å².